The van der Waals surface area contributed by atoms with Gasteiger partial charge < -0.3 is 15.5 Å². The highest BCUT2D eigenvalue weighted by atomic mass is 35.5. The van der Waals surface area contributed by atoms with Gasteiger partial charge in [-0.2, -0.15) is 0 Å². The summed E-state index contributed by atoms with van der Waals surface area (Å²) in [6, 6.07) is 4.16. The van der Waals surface area contributed by atoms with E-state index in [1.165, 1.54) is 18.2 Å². The predicted octanol–water partition coefficient (Wildman–Crippen LogP) is 0.691. The molecule has 3 N–H and O–H groups in total. The molecule has 7 heteroatoms. The van der Waals surface area contributed by atoms with Crippen molar-refractivity contribution >= 4 is 17.3 Å². The molecule has 0 fully saturated rings. The van der Waals surface area contributed by atoms with Gasteiger partial charge in [0, 0.05) is 30.2 Å². The van der Waals surface area contributed by atoms with Crippen molar-refractivity contribution in [1.29, 1.82) is 0 Å². The minimum atomic E-state index is -0.854. The molecule has 94 valence electrons. The van der Waals surface area contributed by atoms with Gasteiger partial charge in [-0.25, -0.2) is 0 Å². The zero-order valence-corrected chi connectivity index (χ0v) is 9.72. The maximum Gasteiger partial charge on any atom is 0.269 e. The maximum absolute atomic E-state index is 10.6. The molecule has 0 saturated heterocycles. The number of nitro groups is 1. The number of halogens is 1. The molecule has 0 aliphatic heterocycles. The van der Waals surface area contributed by atoms with E-state index in [1.807, 2.05) is 0 Å². The lowest BCUT2D eigenvalue weighted by Crippen LogP contribution is -2.29. The van der Waals surface area contributed by atoms with Crippen LogP contribution < -0.4 is 5.32 Å². The molecule has 0 radical (unpaired) electrons. The van der Waals surface area contributed by atoms with E-state index in [0.717, 1.165) is 0 Å². The van der Waals surface area contributed by atoms with E-state index < -0.39 is 11.0 Å². The molecular weight excluding hydrogens is 248 g/mol. The van der Waals surface area contributed by atoms with Crippen molar-refractivity contribution < 1.29 is 15.1 Å². The number of nitro benzene ring substituents is 1. The van der Waals surface area contributed by atoms with Gasteiger partial charge in [0.25, 0.3) is 5.69 Å². The van der Waals surface area contributed by atoms with Crippen molar-refractivity contribution in [2.24, 2.45) is 0 Å². The molecule has 0 amide bonds. The van der Waals surface area contributed by atoms with E-state index in [0.29, 0.717) is 10.6 Å². The van der Waals surface area contributed by atoms with Gasteiger partial charge in [-0.05, 0) is 11.6 Å². The summed E-state index contributed by atoms with van der Waals surface area (Å²) >= 11 is 5.88. The number of hydrogen-bond acceptors (Lipinski definition) is 5. The Morgan fingerprint density at radius 2 is 2.24 bits per heavy atom. The Morgan fingerprint density at radius 1 is 1.53 bits per heavy atom. The highest BCUT2D eigenvalue weighted by Crippen LogP contribution is 2.21. The van der Waals surface area contributed by atoms with Crippen molar-refractivity contribution in [1.82, 2.24) is 5.32 Å². The SMILES string of the molecule is O=[N+]([O-])c1ccc(Cl)c(CNCC(O)CO)c1. The van der Waals surface area contributed by atoms with Crippen LogP contribution in [0.3, 0.4) is 0 Å². The third-order valence-corrected chi connectivity index (χ3v) is 2.52. The van der Waals surface area contributed by atoms with Crippen LogP contribution in [-0.2, 0) is 6.54 Å². The van der Waals surface area contributed by atoms with E-state index in [9.17, 15) is 10.1 Å². The van der Waals surface area contributed by atoms with Crippen LogP contribution in [0.2, 0.25) is 5.02 Å². The third-order valence-electron chi connectivity index (χ3n) is 2.15. The highest BCUT2D eigenvalue weighted by molar-refractivity contribution is 6.31. The molecule has 6 nitrogen and oxygen atoms in total. The first-order valence-corrected chi connectivity index (χ1v) is 5.35. The normalized spacial score (nSPS) is 12.4. The lowest BCUT2D eigenvalue weighted by Gasteiger charge is -2.09. The van der Waals surface area contributed by atoms with E-state index in [-0.39, 0.29) is 25.4 Å². The molecule has 0 spiro atoms. The number of hydrogen-bond donors (Lipinski definition) is 3. The van der Waals surface area contributed by atoms with E-state index in [1.54, 1.807) is 0 Å². The Morgan fingerprint density at radius 3 is 2.82 bits per heavy atom. The second-order valence-electron chi connectivity index (χ2n) is 3.50. The van der Waals surface area contributed by atoms with Gasteiger partial charge in [0.15, 0.2) is 0 Å². The molecule has 0 heterocycles. The monoisotopic (exact) mass is 260 g/mol. The fourth-order valence-electron chi connectivity index (χ4n) is 1.25. The van der Waals surface area contributed by atoms with Crippen molar-refractivity contribution in [2.45, 2.75) is 12.6 Å². The molecule has 1 aromatic carbocycles. The molecule has 1 aromatic rings. The van der Waals surface area contributed by atoms with Gasteiger partial charge in [-0.1, -0.05) is 11.6 Å². The molecule has 17 heavy (non-hydrogen) atoms. The Kier molecular flexibility index (Phi) is 5.30. The summed E-state index contributed by atoms with van der Waals surface area (Å²) in [6.07, 6.45) is -0.854. The molecule has 0 saturated carbocycles. The molecule has 1 atom stereocenters. The smallest absolute Gasteiger partial charge is 0.269 e. The van der Waals surface area contributed by atoms with E-state index >= 15 is 0 Å². The molecule has 0 aromatic heterocycles. The predicted molar refractivity (Wildman–Crippen MR) is 62.9 cm³/mol. The quantitative estimate of drug-likeness (QED) is 0.517. The second kappa shape index (κ2) is 6.51. The summed E-state index contributed by atoms with van der Waals surface area (Å²) in [6.45, 7) is 0.142. The summed E-state index contributed by atoms with van der Waals surface area (Å²) in [7, 11) is 0. The number of non-ortho nitro benzene ring substituents is 1. The van der Waals surface area contributed by atoms with Crippen molar-refractivity contribution in [3.63, 3.8) is 0 Å². The molecule has 1 rings (SSSR count). The maximum atomic E-state index is 10.6. The summed E-state index contributed by atoms with van der Waals surface area (Å²) in [5.74, 6) is 0. The van der Waals surface area contributed by atoms with Crippen LogP contribution in [0, 0.1) is 10.1 Å². The zero-order valence-electron chi connectivity index (χ0n) is 8.97. The van der Waals surface area contributed by atoms with Crippen molar-refractivity contribution in [3.05, 3.63) is 38.9 Å². The number of rotatable bonds is 6. The van der Waals surface area contributed by atoms with Gasteiger partial charge in [-0.15, -0.1) is 0 Å². The Balaban J connectivity index is 2.63. The first-order chi connectivity index (χ1) is 8.04. The van der Waals surface area contributed by atoms with E-state index in [4.69, 9.17) is 21.8 Å². The van der Waals surface area contributed by atoms with Gasteiger partial charge >= 0.3 is 0 Å². The topological polar surface area (TPSA) is 95.6 Å². The summed E-state index contributed by atoms with van der Waals surface area (Å²) in [5, 5.41) is 31.5. The lowest BCUT2D eigenvalue weighted by molar-refractivity contribution is -0.384. The van der Waals surface area contributed by atoms with Gasteiger partial charge in [0.05, 0.1) is 17.6 Å². The number of benzene rings is 1. The van der Waals surface area contributed by atoms with Crippen LogP contribution in [0.1, 0.15) is 5.56 Å². The van der Waals surface area contributed by atoms with Crippen LogP contribution in [0.4, 0.5) is 5.69 Å². The van der Waals surface area contributed by atoms with Crippen molar-refractivity contribution in [2.75, 3.05) is 13.2 Å². The summed E-state index contributed by atoms with van der Waals surface area (Å²) in [5.41, 5.74) is 0.542. The first kappa shape index (κ1) is 13.9. The zero-order chi connectivity index (χ0) is 12.8. The van der Waals surface area contributed by atoms with E-state index in [2.05, 4.69) is 5.32 Å². The van der Waals surface area contributed by atoms with Crippen LogP contribution in [0.15, 0.2) is 18.2 Å². The number of nitrogens with zero attached hydrogens (tertiary/aromatic N) is 1. The third kappa shape index (κ3) is 4.27. The summed E-state index contributed by atoms with van der Waals surface area (Å²) in [4.78, 5) is 10.1. The standard InChI is InChI=1S/C10H13ClN2O4/c11-10-2-1-8(13(16)17)3-7(10)4-12-5-9(15)6-14/h1-3,9,12,14-15H,4-6H2. The Bertz CT molecular complexity index is 400. The minimum absolute atomic E-state index is 0.0334. The average molecular weight is 261 g/mol. The minimum Gasteiger partial charge on any atom is -0.394 e. The summed E-state index contributed by atoms with van der Waals surface area (Å²) < 4.78 is 0. The van der Waals surface area contributed by atoms with Gasteiger partial charge in [0.2, 0.25) is 0 Å². The molecular formula is C10H13ClN2O4. The molecule has 0 bridgehead atoms. The first-order valence-electron chi connectivity index (χ1n) is 4.97. The van der Waals surface area contributed by atoms with Crippen molar-refractivity contribution in [3.8, 4) is 0 Å². The van der Waals surface area contributed by atoms with Crippen LogP contribution in [0.25, 0.3) is 0 Å². The van der Waals surface area contributed by atoms with Crippen LogP contribution in [-0.4, -0.2) is 34.4 Å². The Hall–Kier alpha value is -1.21. The lowest BCUT2D eigenvalue weighted by atomic mass is 10.2. The highest BCUT2D eigenvalue weighted by Gasteiger charge is 2.09. The molecule has 1 unspecified atom stereocenters. The second-order valence-corrected chi connectivity index (χ2v) is 3.91. The number of aliphatic hydroxyl groups excluding tert-OH is 2. The van der Waals surface area contributed by atoms with Crippen LogP contribution in [0.5, 0.6) is 0 Å². The average Bonchev–Trinajstić information content (AvgIpc) is 2.30. The van der Waals surface area contributed by atoms with Gasteiger partial charge in [0.1, 0.15) is 0 Å². The number of nitrogens with one attached hydrogen (secondary N) is 1. The fraction of sp³-hybridized carbons (Fsp3) is 0.400. The largest absolute Gasteiger partial charge is 0.394 e. The fourth-order valence-corrected chi connectivity index (χ4v) is 1.43. The van der Waals surface area contributed by atoms with Crippen LogP contribution >= 0.6 is 11.6 Å². The Labute approximate surface area is 103 Å². The number of aliphatic hydroxyl groups is 2. The molecule has 0 aliphatic rings. The molecule has 0 aliphatic carbocycles. The van der Waals surface area contributed by atoms with Gasteiger partial charge in [-0.3, -0.25) is 10.1 Å².